The number of fused-ring (bicyclic) bond motifs is 1. The average molecular weight is 615 g/mol. The van der Waals surface area contributed by atoms with Gasteiger partial charge in [-0.1, -0.05) is 12.1 Å². The monoisotopic (exact) mass is 614 g/mol. The zero-order valence-electron chi connectivity index (χ0n) is 24.4. The highest BCUT2D eigenvalue weighted by Gasteiger charge is 2.53. The second-order valence-corrected chi connectivity index (χ2v) is 9.68. The lowest BCUT2D eigenvalue weighted by Gasteiger charge is -2.43. The minimum absolute atomic E-state index is 0.0248. The summed E-state index contributed by atoms with van der Waals surface area (Å²) in [6.07, 6.45) is -6.27. The van der Waals surface area contributed by atoms with Crippen LogP contribution >= 0.6 is 0 Å². The van der Waals surface area contributed by atoms with Gasteiger partial charge in [-0.25, -0.2) is 0 Å². The van der Waals surface area contributed by atoms with Crippen LogP contribution in [0, 0.1) is 0 Å². The van der Waals surface area contributed by atoms with Crippen molar-refractivity contribution in [3.05, 3.63) is 52.9 Å². The van der Waals surface area contributed by atoms with Crippen molar-refractivity contribution in [1.29, 1.82) is 0 Å². The highest BCUT2D eigenvalue weighted by Crippen LogP contribution is 2.38. The van der Waals surface area contributed by atoms with E-state index >= 15 is 0 Å². The summed E-state index contributed by atoms with van der Waals surface area (Å²) in [5.74, 6) is -3.44. The molecule has 2 aromatic carbocycles. The molecule has 2 heterocycles. The zero-order valence-corrected chi connectivity index (χ0v) is 24.4. The number of methoxy groups -OCH3 is 1. The maximum atomic E-state index is 13.5. The van der Waals surface area contributed by atoms with Crippen LogP contribution in [0.4, 0.5) is 0 Å². The van der Waals surface area contributed by atoms with Crippen molar-refractivity contribution in [2.24, 2.45) is 0 Å². The summed E-state index contributed by atoms with van der Waals surface area (Å²) in [5.41, 5.74) is 0.114. The first-order valence-corrected chi connectivity index (χ1v) is 13.3. The molecule has 1 fully saturated rings. The number of esters is 4. The Morgan fingerprint density at radius 2 is 1.43 bits per heavy atom. The summed E-state index contributed by atoms with van der Waals surface area (Å²) in [6.45, 7) is 3.89. The molecule has 0 aliphatic carbocycles. The topological polar surface area (TPSA) is 183 Å². The molecular weight excluding hydrogens is 584 g/mol. The van der Waals surface area contributed by atoms with Gasteiger partial charge in [-0.2, -0.15) is 0 Å². The van der Waals surface area contributed by atoms with Gasteiger partial charge in [0.25, 0.3) is 0 Å². The molecule has 14 nitrogen and oxygen atoms in total. The first kappa shape index (κ1) is 31.8. The summed E-state index contributed by atoms with van der Waals surface area (Å²) >= 11 is 0. The molecule has 0 radical (unpaired) electrons. The van der Waals surface area contributed by atoms with E-state index in [1.807, 2.05) is 0 Å². The lowest BCUT2D eigenvalue weighted by molar-refractivity contribution is -0.288. The lowest BCUT2D eigenvalue weighted by Crippen LogP contribution is -2.63. The van der Waals surface area contributed by atoms with Crippen LogP contribution in [-0.2, 0) is 42.9 Å². The Morgan fingerprint density at radius 3 is 2.02 bits per heavy atom. The van der Waals surface area contributed by atoms with E-state index in [2.05, 4.69) is 0 Å². The van der Waals surface area contributed by atoms with Crippen molar-refractivity contribution >= 4 is 34.8 Å². The third-order valence-electron chi connectivity index (χ3n) is 6.46. The Balaban J connectivity index is 1.80. The second-order valence-electron chi connectivity index (χ2n) is 9.68. The van der Waals surface area contributed by atoms with Gasteiger partial charge in [-0.05, 0) is 29.8 Å². The fourth-order valence-corrected chi connectivity index (χ4v) is 4.65. The van der Waals surface area contributed by atoms with Crippen LogP contribution < -0.4 is 14.9 Å². The number of carbonyl (C=O) groups excluding carboxylic acids is 4. The fraction of sp³-hybridized carbons (Fsp3) is 0.367. The van der Waals surface area contributed by atoms with E-state index in [1.54, 1.807) is 24.3 Å². The lowest BCUT2D eigenvalue weighted by atomic mass is 9.98. The smallest absolute Gasteiger partial charge is 0.303 e. The number of rotatable bonds is 9. The van der Waals surface area contributed by atoms with Gasteiger partial charge < -0.3 is 42.7 Å². The Bertz CT molecular complexity index is 1610. The first-order chi connectivity index (χ1) is 20.9. The molecule has 1 aliphatic rings. The Kier molecular flexibility index (Phi) is 9.73. The first-order valence-electron chi connectivity index (χ1n) is 13.3. The van der Waals surface area contributed by atoms with Crippen molar-refractivity contribution in [3.63, 3.8) is 0 Å². The Hall–Kier alpha value is -5.11. The molecule has 0 bridgehead atoms. The van der Waals surface area contributed by atoms with Crippen LogP contribution in [0.15, 0.2) is 51.9 Å². The van der Waals surface area contributed by atoms with Gasteiger partial charge in [0.15, 0.2) is 23.5 Å². The van der Waals surface area contributed by atoms with Gasteiger partial charge in [0, 0.05) is 27.7 Å². The second kappa shape index (κ2) is 13.5. The van der Waals surface area contributed by atoms with Gasteiger partial charge in [0.1, 0.15) is 24.7 Å². The van der Waals surface area contributed by atoms with Crippen LogP contribution in [-0.4, -0.2) is 73.4 Å². The molecular formula is C30H30O14. The number of phenols is 1. The third kappa shape index (κ3) is 7.09. The van der Waals surface area contributed by atoms with Crippen molar-refractivity contribution in [2.75, 3.05) is 13.7 Å². The molecule has 3 aromatic rings. The maximum absolute atomic E-state index is 13.5. The highest BCUT2D eigenvalue weighted by molar-refractivity contribution is 5.88. The normalized spacial score (nSPS) is 21.2. The van der Waals surface area contributed by atoms with Crippen LogP contribution in [0.5, 0.6) is 17.2 Å². The molecule has 1 aliphatic heterocycles. The number of aromatic hydroxyl groups is 1. The van der Waals surface area contributed by atoms with E-state index in [-0.39, 0.29) is 22.3 Å². The van der Waals surface area contributed by atoms with E-state index < -0.39 is 72.4 Å². The SMILES string of the molecule is COc1ccc(-c2coc3c(OC4OC(COC(C)=O)C(OC(C)=O)C(OC(C)=O)C4OC(C)=O)c(O)ccc3c2=O)cc1. The van der Waals surface area contributed by atoms with Crippen molar-refractivity contribution in [3.8, 4) is 28.4 Å². The number of carbonyl (C=O) groups is 4. The summed E-state index contributed by atoms with van der Waals surface area (Å²) in [5, 5.41) is 10.8. The van der Waals surface area contributed by atoms with Crippen molar-refractivity contribution in [1.82, 2.24) is 0 Å². The molecule has 5 unspecified atom stereocenters. The summed E-state index contributed by atoms with van der Waals surface area (Å²) < 4.78 is 44.1. The summed E-state index contributed by atoms with van der Waals surface area (Å²) in [7, 11) is 1.51. The Morgan fingerprint density at radius 1 is 0.818 bits per heavy atom. The predicted molar refractivity (Wildman–Crippen MR) is 149 cm³/mol. The van der Waals surface area contributed by atoms with Crippen LogP contribution in [0.3, 0.4) is 0 Å². The highest BCUT2D eigenvalue weighted by atomic mass is 16.7. The fourth-order valence-electron chi connectivity index (χ4n) is 4.65. The van der Waals surface area contributed by atoms with E-state index in [9.17, 15) is 29.1 Å². The van der Waals surface area contributed by atoms with Gasteiger partial charge >= 0.3 is 23.9 Å². The largest absolute Gasteiger partial charge is 0.504 e. The van der Waals surface area contributed by atoms with Crippen LogP contribution in [0.1, 0.15) is 27.7 Å². The molecule has 1 N–H and O–H groups in total. The molecule has 0 spiro atoms. The minimum atomic E-state index is -1.67. The molecule has 14 heteroatoms. The molecule has 44 heavy (non-hydrogen) atoms. The van der Waals surface area contributed by atoms with Crippen molar-refractivity contribution in [2.45, 2.75) is 58.4 Å². The number of ether oxygens (including phenoxy) is 7. The predicted octanol–water partition coefficient (Wildman–Crippen LogP) is 2.64. The van der Waals surface area contributed by atoms with Crippen LogP contribution in [0.25, 0.3) is 22.1 Å². The molecule has 1 saturated heterocycles. The zero-order chi connectivity index (χ0) is 32.1. The third-order valence-corrected chi connectivity index (χ3v) is 6.46. The molecule has 234 valence electrons. The van der Waals surface area contributed by atoms with Gasteiger partial charge in [-0.15, -0.1) is 0 Å². The van der Waals surface area contributed by atoms with Gasteiger partial charge in [-0.3, -0.25) is 24.0 Å². The van der Waals surface area contributed by atoms with Gasteiger partial charge in [0.05, 0.1) is 18.1 Å². The molecule has 0 amide bonds. The van der Waals surface area contributed by atoms with Gasteiger partial charge in [0.2, 0.25) is 23.6 Å². The quantitative estimate of drug-likeness (QED) is 0.274. The van der Waals surface area contributed by atoms with Crippen LogP contribution in [0.2, 0.25) is 0 Å². The number of phenolic OH excluding ortho intramolecular Hbond substituents is 1. The summed E-state index contributed by atoms with van der Waals surface area (Å²) in [4.78, 5) is 61.3. The average Bonchev–Trinajstić information content (AvgIpc) is 2.96. The minimum Gasteiger partial charge on any atom is -0.504 e. The van der Waals surface area contributed by atoms with Crippen molar-refractivity contribution < 1.29 is 61.9 Å². The van der Waals surface area contributed by atoms with E-state index in [0.29, 0.717) is 11.3 Å². The number of hydrogen-bond donors (Lipinski definition) is 1. The Labute approximate surface area is 250 Å². The van der Waals surface area contributed by atoms with E-state index in [0.717, 1.165) is 27.7 Å². The molecule has 0 saturated carbocycles. The molecule has 4 rings (SSSR count). The maximum Gasteiger partial charge on any atom is 0.303 e. The molecule has 1 aromatic heterocycles. The summed E-state index contributed by atoms with van der Waals surface area (Å²) in [6, 6.07) is 9.23. The standard InChI is InChI=1S/C30H30O14/c1-14(31)38-13-23-27(40-15(2)32)28(41-16(3)33)29(42-17(4)34)30(43-23)44-26-22(35)11-10-20-24(36)21(12-39-25(20)26)18-6-8-19(37-5)9-7-18/h6-12,23,27-30,35H,13H2,1-5H3. The number of hydrogen-bond acceptors (Lipinski definition) is 14. The number of benzene rings is 2. The van der Waals surface area contributed by atoms with E-state index in [4.69, 9.17) is 37.6 Å². The molecule has 5 atom stereocenters. The van der Waals surface area contributed by atoms with E-state index in [1.165, 1.54) is 25.5 Å².